The molecule has 1 aliphatic rings. The van der Waals surface area contributed by atoms with E-state index in [1.165, 1.54) is 12.1 Å². The van der Waals surface area contributed by atoms with Crippen molar-refractivity contribution in [3.63, 3.8) is 0 Å². The summed E-state index contributed by atoms with van der Waals surface area (Å²) in [6.45, 7) is 10.7. The molecule has 0 radical (unpaired) electrons. The van der Waals surface area contributed by atoms with Crippen LogP contribution in [0.1, 0.15) is 32.3 Å². The van der Waals surface area contributed by atoms with Gasteiger partial charge in [-0.2, -0.15) is 0 Å². The first-order chi connectivity index (χ1) is 12.9. The number of hydrogen-bond acceptors (Lipinski definition) is 6. The summed E-state index contributed by atoms with van der Waals surface area (Å²) in [5.41, 5.74) is 1.29. The maximum Gasteiger partial charge on any atom is 0.170 e. The van der Waals surface area contributed by atoms with Gasteiger partial charge >= 0.3 is 0 Å². The third-order valence-electron chi connectivity index (χ3n) is 4.89. The number of rotatable bonds is 3. The van der Waals surface area contributed by atoms with E-state index in [0.717, 1.165) is 48.9 Å². The van der Waals surface area contributed by atoms with Gasteiger partial charge in [-0.1, -0.05) is 25.9 Å². The van der Waals surface area contributed by atoms with Crippen LogP contribution in [-0.4, -0.2) is 46.2 Å². The van der Waals surface area contributed by atoms with E-state index in [2.05, 4.69) is 40.7 Å². The fourth-order valence-corrected chi connectivity index (χ4v) is 3.31. The van der Waals surface area contributed by atoms with E-state index in [4.69, 9.17) is 9.51 Å². The van der Waals surface area contributed by atoms with Gasteiger partial charge in [-0.25, -0.2) is 14.4 Å². The molecule has 0 atom stereocenters. The summed E-state index contributed by atoms with van der Waals surface area (Å²) in [5, 5.41) is 5.01. The molecule has 1 saturated heterocycles. The molecule has 27 heavy (non-hydrogen) atoms. The second-order valence-corrected chi connectivity index (χ2v) is 8.02. The topological polar surface area (TPSA) is 58.3 Å². The Kier molecular flexibility index (Phi) is 4.55. The van der Waals surface area contributed by atoms with Gasteiger partial charge in [0.25, 0.3) is 0 Å². The lowest BCUT2D eigenvalue weighted by Gasteiger charge is -2.35. The van der Waals surface area contributed by atoms with Gasteiger partial charge in [0, 0.05) is 55.8 Å². The van der Waals surface area contributed by atoms with Crippen molar-refractivity contribution in [3.8, 4) is 0 Å². The Hall–Kier alpha value is -2.54. The summed E-state index contributed by atoms with van der Waals surface area (Å²) in [5.74, 6) is 1.54. The number of piperazine rings is 1. The normalized spacial score (nSPS) is 16.2. The summed E-state index contributed by atoms with van der Waals surface area (Å²) in [4.78, 5) is 13.8. The van der Waals surface area contributed by atoms with E-state index in [1.807, 2.05) is 12.3 Å². The predicted octanol–water partition coefficient (Wildman–Crippen LogP) is 3.38. The number of hydrogen-bond donors (Lipinski definition) is 0. The van der Waals surface area contributed by atoms with Gasteiger partial charge in [-0.3, -0.25) is 4.90 Å². The highest BCUT2D eigenvalue weighted by Crippen LogP contribution is 2.23. The third kappa shape index (κ3) is 3.78. The Balaban J connectivity index is 1.42. The van der Waals surface area contributed by atoms with Gasteiger partial charge < -0.3 is 9.42 Å². The second-order valence-electron chi connectivity index (χ2n) is 8.02. The minimum atomic E-state index is -0.307. The molecule has 0 saturated carbocycles. The Labute approximate surface area is 158 Å². The van der Waals surface area contributed by atoms with Gasteiger partial charge in [0.2, 0.25) is 0 Å². The molecule has 4 rings (SSSR count). The Bertz CT molecular complexity index is 941. The van der Waals surface area contributed by atoms with E-state index in [9.17, 15) is 4.39 Å². The van der Waals surface area contributed by atoms with Crippen molar-refractivity contribution in [3.05, 3.63) is 47.8 Å². The minimum Gasteiger partial charge on any atom is -0.356 e. The number of anilines is 1. The van der Waals surface area contributed by atoms with Gasteiger partial charge in [0.1, 0.15) is 23.2 Å². The summed E-state index contributed by atoms with van der Waals surface area (Å²) in [6, 6.07) is 6.54. The Morgan fingerprint density at radius 2 is 1.89 bits per heavy atom. The lowest BCUT2D eigenvalue weighted by molar-refractivity contribution is 0.242. The molecule has 0 unspecified atom stereocenters. The average Bonchev–Trinajstić information content (AvgIpc) is 3.03. The minimum absolute atomic E-state index is 0.0642. The van der Waals surface area contributed by atoms with Crippen LogP contribution in [0.4, 0.5) is 10.2 Å². The molecule has 0 spiro atoms. The first-order valence-electron chi connectivity index (χ1n) is 9.25. The molecule has 0 amide bonds. The molecule has 1 aromatic carbocycles. The summed E-state index contributed by atoms with van der Waals surface area (Å²) >= 11 is 0. The highest BCUT2D eigenvalue weighted by Gasteiger charge is 2.23. The molecule has 1 aliphatic heterocycles. The van der Waals surface area contributed by atoms with Crippen LogP contribution in [0.25, 0.3) is 11.0 Å². The molecule has 142 valence electrons. The molecule has 3 heterocycles. The summed E-state index contributed by atoms with van der Waals surface area (Å²) in [7, 11) is 0. The SMILES string of the molecule is CC(C)(C)c1nccc(N2CCN(Cc3noc4cc(F)ccc34)CC2)n1. The van der Waals surface area contributed by atoms with Crippen LogP contribution in [0.15, 0.2) is 35.0 Å². The van der Waals surface area contributed by atoms with Crippen LogP contribution < -0.4 is 4.90 Å². The predicted molar refractivity (Wildman–Crippen MR) is 102 cm³/mol. The van der Waals surface area contributed by atoms with E-state index in [0.29, 0.717) is 12.1 Å². The number of nitrogens with zero attached hydrogens (tertiary/aromatic N) is 5. The van der Waals surface area contributed by atoms with Gasteiger partial charge in [-0.05, 0) is 18.2 Å². The maximum atomic E-state index is 13.3. The van der Waals surface area contributed by atoms with E-state index < -0.39 is 0 Å². The van der Waals surface area contributed by atoms with Crippen molar-refractivity contribution >= 4 is 16.8 Å². The third-order valence-corrected chi connectivity index (χ3v) is 4.89. The zero-order valence-corrected chi connectivity index (χ0v) is 15.9. The fraction of sp³-hybridized carbons (Fsp3) is 0.450. The first kappa shape index (κ1) is 17.9. The molecular formula is C20H24FN5O. The molecule has 0 bridgehead atoms. The summed E-state index contributed by atoms with van der Waals surface area (Å²) < 4.78 is 18.6. The van der Waals surface area contributed by atoms with Crippen molar-refractivity contribution in [2.45, 2.75) is 32.7 Å². The van der Waals surface area contributed by atoms with Crippen LogP contribution in [0.3, 0.4) is 0 Å². The molecule has 2 aromatic heterocycles. The highest BCUT2D eigenvalue weighted by molar-refractivity contribution is 5.79. The lowest BCUT2D eigenvalue weighted by Crippen LogP contribution is -2.46. The Morgan fingerprint density at radius 1 is 1.11 bits per heavy atom. The molecule has 7 heteroatoms. The van der Waals surface area contributed by atoms with Crippen molar-refractivity contribution in [1.82, 2.24) is 20.0 Å². The monoisotopic (exact) mass is 369 g/mol. The molecule has 3 aromatic rings. The highest BCUT2D eigenvalue weighted by atomic mass is 19.1. The van der Waals surface area contributed by atoms with Gasteiger partial charge in [0.15, 0.2) is 5.58 Å². The van der Waals surface area contributed by atoms with E-state index >= 15 is 0 Å². The Morgan fingerprint density at radius 3 is 2.63 bits per heavy atom. The average molecular weight is 369 g/mol. The number of halogens is 1. The van der Waals surface area contributed by atoms with E-state index in [1.54, 1.807) is 6.07 Å². The molecule has 1 fully saturated rings. The fourth-order valence-electron chi connectivity index (χ4n) is 3.31. The standard InChI is InChI=1S/C20H24FN5O/c1-20(2,3)19-22-7-6-18(23-19)26-10-8-25(9-11-26)13-16-15-5-4-14(21)12-17(15)27-24-16/h4-7,12H,8-11,13H2,1-3H3. The molecular weight excluding hydrogens is 345 g/mol. The van der Waals surface area contributed by atoms with E-state index in [-0.39, 0.29) is 11.2 Å². The van der Waals surface area contributed by atoms with Gasteiger partial charge in [0.05, 0.1) is 0 Å². The largest absolute Gasteiger partial charge is 0.356 e. The number of fused-ring (bicyclic) bond motifs is 1. The first-order valence-corrected chi connectivity index (χ1v) is 9.25. The van der Waals surface area contributed by atoms with Gasteiger partial charge in [-0.15, -0.1) is 0 Å². The number of benzene rings is 1. The van der Waals surface area contributed by atoms with Crippen LogP contribution in [0.2, 0.25) is 0 Å². The molecule has 0 aliphatic carbocycles. The van der Waals surface area contributed by atoms with Crippen molar-refractivity contribution < 1.29 is 8.91 Å². The smallest absolute Gasteiger partial charge is 0.170 e. The number of aromatic nitrogens is 3. The lowest BCUT2D eigenvalue weighted by atomic mass is 9.96. The van der Waals surface area contributed by atoms with Crippen LogP contribution >= 0.6 is 0 Å². The van der Waals surface area contributed by atoms with Crippen LogP contribution in [-0.2, 0) is 12.0 Å². The second kappa shape index (κ2) is 6.88. The van der Waals surface area contributed by atoms with Crippen LogP contribution in [0.5, 0.6) is 0 Å². The van der Waals surface area contributed by atoms with Crippen LogP contribution in [0, 0.1) is 5.82 Å². The van der Waals surface area contributed by atoms with Crippen molar-refractivity contribution in [1.29, 1.82) is 0 Å². The maximum absolute atomic E-state index is 13.3. The zero-order valence-electron chi connectivity index (χ0n) is 15.9. The molecule has 0 N–H and O–H groups in total. The zero-order chi connectivity index (χ0) is 19.0. The van der Waals surface area contributed by atoms with Crippen molar-refractivity contribution in [2.75, 3.05) is 31.1 Å². The quantitative estimate of drug-likeness (QED) is 0.705. The summed E-state index contributed by atoms with van der Waals surface area (Å²) in [6.07, 6.45) is 1.84. The van der Waals surface area contributed by atoms with Crippen molar-refractivity contribution in [2.24, 2.45) is 0 Å². The molecule has 6 nitrogen and oxygen atoms in total.